The van der Waals surface area contributed by atoms with E-state index in [0.29, 0.717) is 12.8 Å². The highest BCUT2D eigenvalue weighted by Crippen LogP contribution is 2.34. The number of para-hydroxylation sites is 1. The SMILES string of the molecule is C=C(O)C1Cc2ccccc2N1C(=O)CCCCCCC/C=C\CCCCCCCC. The lowest BCUT2D eigenvalue weighted by atomic mass is 10.1. The summed E-state index contributed by atoms with van der Waals surface area (Å²) in [7, 11) is 0. The molecule has 1 amide bonds. The fraction of sp³-hybridized carbons (Fsp3) is 0.607. The number of rotatable bonds is 16. The van der Waals surface area contributed by atoms with Crippen molar-refractivity contribution in [1.82, 2.24) is 0 Å². The van der Waals surface area contributed by atoms with Crippen molar-refractivity contribution in [3.8, 4) is 0 Å². The summed E-state index contributed by atoms with van der Waals surface area (Å²) in [6.07, 6.45) is 22.2. The number of hydrogen-bond acceptors (Lipinski definition) is 2. The van der Waals surface area contributed by atoms with Crippen LogP contribution in [0, 0.1) is 0 Å². The summed E-state index contributed by atoms with van der Waals surface area (Å²) in [6.45, 7) is 5.95. The first-order valence-electron chi connectivity index (χ1n) is 12.6. The zero-order valence-corrected chi connectivity index (χ0v) is 19.7. The normalized spacial score (nSPS) is 15.5. The number of carbonyl (C=O) groups is 1. The third-order valence-electron chi connectivity index (χ3n) is 6.28. The zero-order valence-electron chi connectivity index (χ0n) is 19.7. The van der Waals surface area contributed by atoms with Crippen LogP contribution in [-0.2, 0) is 11.2 Å². The average Bonchev–Trinajstić information content (AvgIpc) is 3.16. The maximum absolute atomic E-state index is 12.8. The fourth-order valence-electron chi connectivity index (χ4n) is 4.43. The highest BCUT2D eigenvalue weighted by molar-refractivity contribution is 5.96. The van der Waals surface area contributed by atoms with E-state index < -0.39 is 0 Å². The van der Waals surface area contributed by atoms with Gasteiger partial charge in [0, 0.05) is 18.5 Å². The van der Waals surface area contributed by atoms with Gasteiger partial charge in [0.25, 0.3) is 0 Å². The number of allylic oxidation sites excluding steroid dienone is 2. The smallest absolute Gasteiger partial charge is 0.227 e. The molecule has 0 fully saturated rings. The molecule has 1 unspecified atom stereocenters. The van der Waals surface area contributed by atoms with Crippen LogP contribution in [0.3, 0.4) is 0 Å². The quantitative estimate of drug-likeness (QED) is 0.165. The third kappa shape index (κ3) is 8.93. The number of fused-ring (bicyclic) bond motifs is 1. The molecule has 1 aliphatic heterocycles. The van der Waals surface area contributed by atoms with Crippen LogP contribution >= 0.6 is 0 Å². The van der Waals surface area contributed by atoms with E-state index in [2.05, 4.69) is 25.7 Å². The highest BCUT2D eigenvalue weighted by atomic mass is 16.3. The summed E-state index contributed by atoms with van der Waals surface area (Å²) < 4.78 is 0. The number of anilines is 1. The molecule has 0 saturated heterocycles. The first kappa shape index (κ1) is 25.2. The number of aliphatic hydroxyl groups excluding tert-OH is 1. The van der Waals surface area contributed by atoms with Gasteiger partial charge < -0.3 is 10.0 Å². The molecular weight excluding hydrogens is 382 g/mol. The Bertz CT molecular complexity index is 694. The summed E-state index contributed by atoms with van der Waals surface area (Å²) in [5, 5.41) is 9.95. The minimum absolute atomic E-state index is 0.0779. The van der Waals surface area contributed by atoms with Crippen molar-refractivity contribution in [3.05, 3.63) is 54.3 Å². The van der Waals surface area contributed by atoms with Crippen molar-refractivity contribution in [2.24, 2.45) is 0 Å². The van der Waals surface area contributed by atoms with Crippen molar-refractivity contribution in [3.63, 3.8) is 0 Å². The minimum Gasteiger partial charge on any atom is -0.511 e. The van der Waals surface area contributed by atoms with Crippen LogP contribution in [0.4, 0.5) is 5.69 Å². The van der Waals surface area contributed by atoms with Gasteiger partial charge in [-0.25, -0.2) is 0 Å². The Morgan fingerprint density at radius 3 is 2.19 bits per heavy atom. The van der Waals surface area contributed by atoms with Crippen molar-refractivity contribution in [1.29, 1.82) is 0 Å². The number of benzene rings is 1. The number of aliphatic hydroxyl groups is 1. The van der Waals surface area contributed by atoms with Crippen molar-refractivity contribution < 1.29 is 9.90 Å². The second-order valence-corrected chi connectivity index (χ2v) is 8.94. The van der Waals surface area contributed by atoms with Crippen LogP contribution in [0.1, 0.15) is 102 Å². The van der Waals surface area contributed by atoms with Gasteiger partial charge in [-0.2, -0.15) is 0 Å². The minimum atomic E-state index is -0.312. The summed E-state index contributed by atoms with van der Waals surface area (Å²) in [5.74, 6) is 0.178. The Morgan fingerprint density at radius 2 is 1.55 bits per heavy atom. The molecule has 1 N–H and O–H groups in total. The molecule has 1 aromatic rings. The molecule has 0 saturated carbocycles. The average molecular weight is 426 g/mol. The maximum Gasteiger partial charge on any atom is 0.227 e. The third-order valence-corrected chi connectivity index (χ3v) is 6.28. The Labute approximate surface area is 190 Å². The van der Waals surface area contributed by atoms with E-state index in [4.69, 9.17) is 0 Å². The Hall–Kier alpha value is -2.03. The van der Waals surface area contributed by atoms with E-state index in [1.165, 1.54) is 70.6 Å². The van der Waals surface area contributed by atoms with Crippen molar-refractivity contribution in [2.45, 2.75) is 109 Å². The van der Waals surface area contributed by atoms with Crippen LogP contribution < -0.4 is 4.90 Å². The van der Waals surface area contributed by atoms with Gasteiger partial charge in [-0.15, -0.1) is 0 Å². The van der Waals surface area contributed by atoms with Crippen LogP contribution in [0.5, 0.6) is 0 Å². The molecule has 31 heavy (non-hydrogen) atoms. The van der Waals surface area contributed by atoms with Crippen LogP contribution in [0.2, 0.25) is 0 Å². The van der Waals surface area contributed by atoms with E-state index in [0.717, 1.165) is 24.1 Å². The van der Waals surface area contributed by atoms with Gasteiger partial charge in [-0.3, -0.25) is 4.79 Å². The first-order chi connectivity index (χ1) is 15.1. The molecule has 1 atom stereocenters. The molecule has 3 nitrogen and oxygen atoms in total. The van der Waals surface area contributed by atoms with Crippen molar-refractivity contribution >= 4 is 11.6 Å². The second-order valence-electron chi connectivity index (χ2n) is 8.94. The zero-order chi connectivity index (χ0) is 22.3. The van der Waals surface area contributed by atoms with E-state index in [1.807, 2.05) is 24.3 Å². The number of unbranched alkanes of at least 4 members (excludes halogenated alkanes) is 11. The number of amides is 1. The second kappa shape index (κ2) is 14.9. The van der Waals surface area contributed by atoms with E-state index in [1.54, 1.807) is 4.90 Å². The molecule has 0 spiro atoms. The molecule has 1 aliphatic rings. The topological polar surface area (TPSA) is 40.5 Å². The summed E-state index contributed by atoms with van der Waals surface area (Å²) in [6, 6.07) is 7.61. The van der Waals surface area contributed by atoms with Gasteiger partial charge in [0.15, 0.2) is 0 Å². The van der Waals surface area contributed by atoms with Crippen LogP contribution in [-0.4, -0.2) is 17.1 Å². The van der Waals surface area contributed by atoms with Gasteiger partial charge >= 0.3 is 0 Å². The van der Waals surface area contributed by atoms with Gasteiger partial charge in [0.1, 0.15) is 5.76 Å². The Morgan fingerprint density at radius 1 is 0.968 bits per heavy atom. The maximum atomic E-state index is 12.8. The summed E-state index contributed by atoms with van der Waals surface area (Å²) >= 11 is 0. The fourth-order valence-corrected chi connectivity index (χ4v) is 4.43. The predicted octanol–water partition coefficient (Wildman–Crippen LogP) is 8.05. The number of hydrogen-bond donors (Lipinski definition) is 1. The van der Waals surface area contributed by atoms with Gasteiger partial charge in [0.2, 0.25) is 5.91 Å². The molecule has 0 aliphatic carbocycles. The van der Waals surface area contributed by atoms with Gasteiger partial charge in [-0.05, 0) is 43.7 Å². The molecule has 0 radical (unpaired) electrons. The monoisotopic (exact) mass is 425 g/mol. The van der Waals surface area contributed by atoms with Crippen molar-refractivity contribution in [2.75, 3.05) is 4.90 Å². The van der Waals surface area contributed by atoms with E-state index in [-0.39, 0.29) is 17.7 Å². The molecule has 2 rings (SSSR count). The Kier molecular flexibility index (Phi) is 12.1. The summed E-state index contributed by atoms with van der Waals surface area (Å²) in [4.78, 5) is 14.6. The molecule has 1 heterocycles. The van der Waals surface area contributed by atoms with E-state index in [9.17, 15) is 9.90 Å². The van der Waals surface area contributed by atoms with E-state index >= 15 is 0 Å². The van der Waals surface area contributed by atoms with Gasteiger partial charge in [0.05, 0.1) is 6.04 Å². The number of carbonyl (C=O) groups excluding carboxylic acids is 1. The standard InChI is InChI=1S/C28H43NO2/c1-3-4-5-6-7-8-9-10-11-12-13-14-15-16-17-22-28(31)29-26-21-19-18-20-25(26)23-27(29)24(2)30/h10-11,18-21,27,30H,2-9,12-17,22-23H2,1H3/b11-10-. The van der Waals surface area contributed by atoms with Crippen LogP contribution in [0.15, 0.2) is 48.8 Å². The van der Waals surface area contributed by atoms with Gasteiger partial charge in [-0.1, -0.05) is 95.2 Å². The molecule has 0 aromatic heterocycles. The summed E-state index contributed by atoms with van der Waals surface area (Å²) in [5.41, 5.74) is 2.04. The lowest BCUT2D eigenvalue weighted by Gasteiger charge is -2.24. The highest BCUT2D eigenvalue weighted by Gasteiger charge is 2.34. The largest absolute Gasteiger partial charge is 0.511 e. The molecule has 0 bridgehead atoms. The molecule has 3 heteroatoms. The molecule has 1 aromatic carbocycles. The molecular formula is C28H43NO2. The Balaban J connectivity index is 1.52. The number of nitrogens with zero attached hydrogens (tertiary/aromatic N) is 1. The van der Waals surface area contributed by atoms with Crippen LogP contribution in [0.25, 0.3) is 0 Å². The lowest BCUT2D eigenvalue weighted by molar-refractivity contribution is -0.119. The first-order valence-corrected chi connectivity index (χ1v) is 12.6. The predicted molar refractivity (Wildman–Crippen MR) is 133 cm³/mol. The molecule has 172 valence electrons. The lowest BCUT2D eigenvalue weighted by Crippen LogP contribution is -2.38.